The van der Waals surface area contributed by atoms with E-state index >= 15 is 0 Å². The highest BCUT2D eigenvalue weighted by atomic mass is 14.7. The molecule has 0 heterocycles. The lowest BCUT2D eigenvalue weighted by Gasteiger charge is -2.67. The second-order valence-electron chi connectivity index (χ2n) is 19.3. The average molecular weight is 539 g/mol. The number of hydrogen-bond acceptors (Lipinski definition) is 0. The third-order valence-electron chi connectivity index (χ3n) is 15.7. The smallest absolute Gasteiger partial charge is 0.0238 e. The summed E-state index contributed by atoms with van der Waals surface area (Å²) >= 11 is 0. The lowest BCUT2D eigenvalue weighted by atomic mass is 9.38. The van der Waals surface area contributed by atoms with E-state index in [4.69, 9.17) is 0 Å². The van der Waals surface area contributed by atoms with Crippen LogP contribution >= 0.6 is 0 Å². The summed E-state index contributed by atoms with van der Waals surface area (Å²) in [5.41, 5.74) is 2.00. The lowest BCUT2D eigenvalue weighted by molar-refractivity contribution is -0.181. The van der Waals surface area contributed by atoms with Gasteiger partial charge in [0.25, 0.3) is 0 Å². The number of fused-ring (bicyclic) bond motifs is 2. The van der Waals surface area contributed by atoms with Crippen molar-refractivity contribution < 1.29 is 0 Å². The first-order valence-corrected chi connectivity index (χ1v) is 18.0. The van der Waals surface area contributed by atoms with E-state index in [-0.39, 0.29) is 0 Å². The first-order chi connectivity index (χ1) is 18.0. The Balaban J connectivity index is 1.70. The van der Waals surface area contributed by atoms with Crippen LogP contribution in [0.15, 0.2) is 0 Å². The van der Waals surface area contributed by atoms with E-state index in [2.05, 4.69) is 83.1 Å². The van der Waals surface area contributed by atoms with Gasteiger partial charge in [0.05, 0.1) is 0 Å². The van der Waals surface area contributed by atoms with Gasteiger partial charge in [-0.05, 0) is 150 Å². The van der Waals surface area contributed by atoms with E-state index in [9.17, 15) is 0 Å². The monoisotopic (exact) mass is 539 g/mol. The molecule has 0 heteroatoms. The van der Waals surface area contributed by atoms with Crippen molar-refractivity contribution >= 4 is 0 Å². The molecule has 0 spiro atoms. The molecule has 4 bridgehead atoms. The van der Waals surface area contributed by atoms with E-state index in [0.29, 0.717) is 21.7 Å². The molecule has 0 amide bonds. The predicted octanol–water partition coefficient (Wildman–Crippen LogP) is 11.9. The maximum Gasteiger partial charge on any atom is -0.0238 e. The molecule has 0 N–H and O–H groups in total. The Morgan fingerprint density at radius 3 is 2.08 bits per heavy atom. The van der Waals surface area contributed by atoms with Crippen molar-refractivity contribution in [1.29, 1.82) is 0 Å². The highest BCUT2D eigenvalue weighted by Gasteiger charge is 2.64. The summed E-state index contributed by atoms with van der Waals surface area (Å²) in [5.74, 6) is 11.1. The van der Waals surface area contributed by atoms with E-state index < -0.39 is 0 Å². The molecule has 39 heavy (non-hydrogen) atoms. The molecule has 0 nitrogen and oxygen atoms in total. The third-order valence-corrected chi connectivity index (χ3v) is 15.7. The molecule has 0 radical (unpaired) electrons. The van der Waals surface area contributed by atoms with Gasteiger partial charge in [-0.3, -0.25) is 0 Å². The van der Waals surface area contributed by atoms with E-state index in [1.54, 1.807) is 19.3 Å². The molecule has 0 aromatic carbocycles. The topological polar surface area (TPSA) is 0 Å². The molecule has 13 unspecified atom stereocenters. The Hall–Kier alpha value is 0. The molecule has 5 fully saturated rings. The Bertz CT molecular complexity index is 865. The van der Waals surface area contributed by atoms with Gasteiger partial charge in [0.2, 0.25) is 0 Å². The second-order valence-corrected chi connectivity index (χ2v) is 19.3. The summed E-state index contributed by atoms with van der Waals surface area (Å²) in [6.45, 7) is 31.9. The van der Waals surface area contributed by atoms with Crippen LogP contribution in [0, 0.1) is 92.7 Å². The highest BCUT2D eigenvalue weighted by molar-refractivity contribution is 5.13. The minimum absolute atomic E-state index is 0.458. The molecule has 0 aliphatic heterocycles. The van der Waals surface area contributed by atoms with Crippen LogP contribution in [-0.2, 0) is 0 Å². The fraction of sp³-hybridized carbons (Fsp3) is 1.00. The van der Waals surface area contributed by atoms with Crippen molar-refractivity contribution in [2.24, 2.45) is 92.7 Å². The van der Waals surface area contributed by atoms with Crippen LogP contribution in [0.5, 0.6) is 0 Å². The summed E-state index contributed by atoms with van der Waals surface area (Å²) in [7, 11) is 0. The van der Waals surface area contributed by atoms with Gasteiger partial charge in [-0.25, -0.2) is 0 Å². The quantitative estimate of drug-likeness (QED) is 0.326. The molecule has 0 aromatic rings. The Morgan fingerprint density at radius 2 is 1.46 bits per heavy atom. The molecule has 5 saturated carbocycles. The zero-order chi connectivity index (χ0) is 28.7. The maximum absolute atomic E-state index is 2.90. The largest absolute Gasteiger partial charge is 0.0651 e. The summed E-state index contributed by atoms with van der Waals surface area (Å²) in [6.07, 6.45) is 16.5. The Kier molecular flexibility index (Phi) is 8.06. The standard InChI is InChI=1S/C39H70/c1-13-29-19-36(8,9)23-37(10)20-31-18-32-33(21-38(31,11)25(4)5)27(7)26(6)16-28-17-30(15-14-24(2)3)39(29,12)34(22-37)35(28)32/h24-35H,13-23H2,1-12H3. The molecule has 0 aromatic heterocycles. The van der Waals surface area contributed by atoms with Crippen LogP contribution in [-0.4, -0.2) is 0 Å². The van der Waals surface area contributed by atoms with Crippen LogP contribution < -0.4 is 0 Å². The predicted molar refractivity (Wildman–Crippen MR) is 170 cm³/mol. The van der Waals surface area contributed by atoms with E-state index in [1.165, 1.54) is 51.4 Å². The van der Waals surface area contributed by atoms with Gasteiger partial charge in [-0.15, -0.1) is 0 Å². The van der Waals surface area contributed by atoms with Crippen LogP contribution in [0.1, 0.15) is 154 Å². The van der Waals surface area contributed by atoms with Crippen LogP contribution in [0.4, 0.5) is 0 Å². The molecular weight excluding hydrogens is 468 g/mol. The second kappa shape index (κ2) is 10.3. The van der Waals surface area contributed by atoms with Gasteiger partial charge in [-0.2, -0.15) is 0 Å². The van der Waals surface area contributed by atoms with Crippen molar-refractivity contribution in [1.82, 2.24) is 0 Å². The zero-order valence-electron chi connectivity index (χ0n) is 28.7. The minimum Gasteiger partial charge on any atom is -0.0651 e. The molecule has 0 saturated heterocycles. The number of rotatable bonds is 5. The third kappa shape index (κ3) is 5.02. The van der Waals surface area contributed by atoms with Crippen molar-refractivity contribution in [3.8, 4) is 0 Å². The molecule has 226 valence electrons. The first kappa shape index (κ1) is 30.5. The van der Waals surface area contributed by atoms with Gasteiger partial charge in [-0.1, -0.05) is 95.9 Å². The van der Waals surface area contributed by atoms with Crippen molar-refractivity contribution in [3.63, 3.8) is 0 Å². The summed E-state index contributed by atoms with van der Waals surface area (Å²) in [6, 6.07) is 0. The van der Waals surface area contributed by atoms with Gasteiger partial charge in [0, 0.05) is 0 Å². The number of hydrogen-bond donors (Lipinski definition) is 0. The van der Waals surface area contributed by atoms with Crippen LogP contribution in [0.3, 0.4) is 0 Å². The average Bonchev–Trinajstić information content (AvgIpc) is 2.90. The van der Waals surface area contributed by atoms with Crippen molar-refractivity contribution in [2.45, 2.75) is 154 Å². The van der Waals surface area contributed by atoms with Gasteiger partial charge < -0.3 is 0 Å². The highest BCUT2D eigenvalue weighted by Crippen LogP contribution is 2.72. The van der Waals surface area contributed by atoms with Crippen LogP contribution in [0.2, 0.25) is 0 Å². The SMILES string of the molecule is CCC1CC(C)(C)CC2(C)CC3CC4C(CC3(C)C(C)C)C(C)C(C)CC3CC(CCC(C)C)C1(C)C(C2)C34. The lowest BCUT2D eigenvalue weighted by Crippen LogP contribution is -2.60. The molecule has 5 rings (SSSR count). The normalized spacial score (nSPS) is 53.1. The Labute approximate surface area is 246 Å². The fourth-order valence-corrected chi connectivity index (χ4v) is 13.5. The molecular formula is C39H70. The van der Waals surface area contributed by atoms with Crippen LogP contribution in [0.25, 0.3) is 0 Å². The first-order valence-electron chi connectivity index (χ1n) is 18.0. The van der Waals surface area contributed by atoms with Crippen molar-refractivity contribution in [2.75, 3.05) is 0 Å². The molecule has 5 aliphatic carbocycles. The zero-order valence-corrected chi connectivity index (χ0v) is 28.7. The van der Waals surface area contributed by atoms with Gasteiger partial charge in [0.15, 0.2) is 0 Å². The molecule has 13 atom stereocenters. The van der Waals surface area contributed by atoms with E-state index in [1.807, 2.05) is 0 Å². The summed E-state index contributed by atoms with van der Waals surface area (Å²) < 4.78 is 0. The summed E-state index contributed by atoms with van der Waals surface area (Å²) in [5, 5.41) is 0. The summed E-state index contributed by atoms with van der Waals surface area (Å²) in [4.78, 5) is 0. The maximum atomic E-state index is 2.90. The minimum atomic E-state index is 0.458. The molecule has 5 aliphatic rings. The van der Waals surface area contributed by atoms with Gasteiger partial charge >= 0.3 is 0 Å². The fourth-order valence-electron chi connectivity index (χ4n) is 13.5. The van der Waals surface area contributed by atoms with Crippen molar-refractivity contribution in [3.05, 3.63) is 0 Å². The van der Waals surface area contributed by atoms with E-state index in [0.717, 1.165) is 71.0 Å². The Morgan fingerprint density at radius 1 is 0.769 bits per heavy atom. The van der Waals surface area contributed by atoms with Gasteiger partial charge in [0.1, 0.15) is 0 Å².